The van der Waals surface area contributed by atoms with Gasteiger partial charge in [-0.3, -0.25) is 9.59 Å². The largest absolute Gasteiger partial charge is 0.455 e. The number of aryl methyl sites for hydroxylation is 2. The Labute approximate surface area is 230 Å². The van der Waals surface area contributed by atoms with Crippen molar-refractivity contribution in [2.75, 3.05) is 0 Å². The first-order chi connectivity index (χ1) is 18.8. The molecule has 1 aliphatic rings. The van der Waals surface area contributed by atoms with Gasteiger partial charge < -0.3 is 4.42 Å². The van der Waals surface area contributed by atoms with Gasteiger partial charge in [-0.2, -0.15) is 0 Å². The number of nitrogens with zero attached hydrogens (tertiary/aromatic N) is 1. The van der Waals surface area contributed by atoms with E-state index in [2.05, 4.69) is 4.98 Å². The van der Waals surface area contributed by atoms with Crippen molar-refractivity contribution in [1.29, 1.82) is 0 Å². The number of thiazole rings is 1. The van der Waals surface area contributed by atoms with Crippen molar-refractivity contribution in [3.63, 3.8) is 0 Å². The van der Waals surface area contributed by atoms with E-state index in [1.165, 1.54) is 17.0 Å². The molecular formula is C33H28FNO3S. The lowest BCUT2D eigenvalue weighted by Crippen LogP contribution is -2.13. The summed E-state index contributed by atoms with van der Waals surface area (Å²) in [5, 5.41) is 1.78. The minimum Gasteiger partial charge on any atom is -0.455 e. The number of carbonyl (C=O) groups excluding carboxylic acids is 2. The molecule has 0 unspecified atom stereocenters. The Morgan fingerprint density at radius 1 is 0.974 bits per heavy atom. The van der Waals surface area contributed by atoms with E-state index in [1.54, 1.807) is 23.5 Å². The number of fused-ring (bicyclic) bond motifs is 1. The lowest BCUT2D eigenvalue weighted by atomic mass is 9.91. The molecule has 2 heterocycles. The Kier molecular flexibility index (Phi) is 6.31. The molecule has 5 aromatic rings. The molecule has 2 aromatic heterocycles. The van der Waals surface area contributed by atoms with E-state index in [-0.39, 0.29) is 22.8 Å². The number of benzene rings is 3. The molecule has 4 nitrogen and oxygen atoms in total. The van der Waals surface area contributed by atoms with Gasteiger partial charge in [-0.15, -0.1) is 11.3 Å². The molecule has 0 bridgehead atoms. The first-order valence-corrected chi connectivity index (χ1v) is 14.0. The second-order valence-electron chi connectivity index (χ2n) is 10.5. The van der Waals surface area contributed by atoms with Crippen LogP contribution in [0.2, 0.25) is 0 Å². The standard InChI is InChI=1S/C33H28FNO3S/c1-4-27(36)30-26-15-22(9-12-29(26)38-31(30)21-7-10-24(34)11-8-21)25-16-23(6-5-19(25)2)28(37)17-33(13-14-33)32-35-18-20(3)39-32/h5-12,15-16,18H,4,13-14,17H2,1-3H3. The van der Waals surface area contributed by atoms with Gasteiger partial charge in [0.05, 0.1) is 10.6 Å². The van der Waals surface area contributed by atoms with Crippen LogP contribution >= 0.6 is 11.3 Å². The molecule has 0 atom stereocenters. The topological polar surface area (TPSA) is 60.2 Å². The quantitative estimate of drug-likeness (QED) is 0.186. The molecule has 0 N–H and O–H groups in total. The Bertz CT molecular complexity index is 1740. The lowest BCUT2D eigenvalue weighted by Gasteiger charge is -2.13. The summed E-state index contributed by atoms with van der Waals surface area (Å²) < 4.78 is 19.7. The SMILES string of the molecule is CCC(=O)c1c(-c2ccc(F)cc2)oc2ccc(-c3cc(C(=O)CC4(c5ncc(C)s5)CC4)ccc3C)cc12. The van der Waals surface area contributed by atoms with Crippen molar-refractivity contribution >= 4 is 33.9 Å². The zero-order chi connectivity index (χ0) is 27.3. The summed E-state index contributed by atoms with van der Waals surface area (Å²) in [4.78, 5) is 32.3. The first kappa shape index (κ1) is 25.4. The van der Waals surface area contributed by atoms with E-state index in [0.29, 0.717) is 46.3 Å². The van der Waals surface area contributed by atoms with Gasteiger partial charge in [-0.25, -0.2) is 9.37 Å². The number of furan rings is 1. The Balaban J connectivity index is 1.38. The average Bonchev–Trinajstić information content (AvgIpc) is 3.40. The minimum absolute atomic E-state index is 0.0435. The summed E-state index contributed by atoms with van der Waals surface area (Å²) in [5.74, 6) is 0.172. The van der Waals surface area contributed by atoms with E-state index >= 15 is 0 Å². The van der Waals surface area contributed by atoms with Crippen molar-refractivity contribution in [2.45, 2.75) is 51.9 Å². The maximum absolute atomic E-state index is 13.6. The molecule has 0 saturated heterocycles. The van der Waals surface area contributed by atoms with Crippen LogP contribution in [-0.4, -0.2) is 16.6 Å². The Morgan fingerprint density at radius 3 is 2.38 bits per heavy atom. The van der Waals surface area contributed by atoms with Gasteiger partial charge >= 0.3 is 0 Å². The van der Waals surface area contributed by atoms with Crippen molar-refractivity contribution in [2.24, 2.45) is 0 Å². The third kappa shape index (κ3) is 4.63. The molecule has 196 valence electrons. The lowest BCUT2D eigenvalue weighted by molar-refractivity contribution is 0.0967. The zero-order valence-corrected chi connectivity index (χ0v) is 23.0. The molecule has 3 aromatic carbocycles. The van der Waals surface area contributed by atoms with Crippen molar-refractivity contribution < 1.29 is 18.4 Å². The zero-order valence-electron chi connectivity index (χ0n) is 22.1. The van der Waals surface area contributed by atoms with Gasteiger partial charge in [0.1, 0.15) is 17.2 Å². The molecule has 6 rings (SSSR count). The normalized spacial score (nSPS) is 14.1. The average molecular weight is 538 g/mol. The number of carbonyl (C=O) groups is 2. The van der Waals surface area contributed by atoms with E-state index in [4.69, 9.17) is 4.42 Å². The number of aromatic nitrogens is 1. The summed E-state index contributed by atoms with van der Waals surface area (Å²) in [6, 6.07) is 17.6. The summed E-state index contributed by atoms with van der Waals surface area (Å²) in [5.41, 5.74) is 5.18. The molecular weight excluding hydrogens is 509 g/mol. The summed E-state index contributed by atoms with van der Waals surface area (Å²) in [6.07, 6.45) is 4.65. The predicted octanol–water partition coefficient (Wildman–Crippen LogP) is 8.88. The van der Waals surface area contributed by atoms with Crippen LogP contribution in [0.3, 0.4) is 0 Å². The van der Waals surface area contributed by atoms with Gasteiger partial charge in [0.2, 0.25) is 0 Å². The minimum atomic E-state index is -0.347. The van der Waals surface area contributed by atoms with Crippen molar-refractivity contribution in [3.8, 4) is 22.5 Å². The maximum Gasteiger partial charge on any atom is 0.167 e. The second-order valence-corrected chi connectivity index (χ2v) is 11.7. The highest BCUT2D eigenvalue weighted by atomic mass is 32.1. The van der Waals surface area contributed by atoms with Crippen LogP contribution in [0, 0.1) is 19.7 Å². The molecule has 0 spiro atoms. The van der Waals surface area contributed by atoms with Gasteiger partial charge in [0.25, 0.3) is 0 Å². The predicted molar refractivity (Wildman–Crippen MR) is 153 cm³/mol. The van der Waals surface area contributed by atoms with Crippen LogP contribution in [0.25, 0.3) is 33.4 Å². The molecule has 1 aliphatic carbocycles. The van der Waals surface area contributed by atoms with Crippen LogP contribution in [0.15, 0.2) is 71.3 Å². The molecule has 1 fully saturated rings. The Hall–Kier alpha value is -3.90. The third-order valence-electron chi connectivity index (χ3n) is 7.69. The highest BCUT2D eigenvalue weighted by molar-refractivity contribution is 7.11. The molecule has 0 radical (unpaired) electrons. The third-order valence-corrected chi connectivity index (χ3v) is 8.85. The van der Waals surface area contributed by atoms with Crippen LogP contribution in [0.5, 0.6) is 0 Å². The highest BCUT2D eigenvalue weighted by Gasteiger charge is 2.48. The van der Waals surface area contributed by atoms with E-state index in [1.807, 2.05) is 63.4 Å². The first-order valence-electron chi connectivity index (χ1n) is 13.2. The Morgan fingerprint density at radius 2 is 1.72 bits per heavy atom. The maximum atomic E-state index is 13.6. The molecule has 0 amide bonds. The highest BCUT2D eigenvalue weighted by Crippen LogP contribution is 2.52. The van der Waals surface area contributed by atoms with Crippen molar-refractivity contribution in [1.82, 2.24) is 4.98 Å². The van der Waals surface area contributed by atoms with Gasteiger partial charge in [-0.1, -0.05) is 25.1 Å². The molecule has 39 heavy (non-hydrogen) atoms. The number of hydrogen-bond donors (Lipinski definition) is 0. The van der Waals surface area contributed by atoms with Crippen LogP contribution in [-0.2, 0) is 5.41 Å². The number of halogens is 1. The second kappa shape index (κ2) is 9.69. The van der Waals surface area contributed by atoms with E-state index < -0.39 is 0 Å². The number of Topliss-reactive ketones (excluding diaryl/α,β-unsaturated/α-hetero) is 2. The molecule has 0 aliphatic heterocycles. The van der Waals surface area contributed by atoms with Crippen LogP contribution in [0.4, 0.5) is 4.39 Å². The summed E-state index contributed by atoms with van der Waals surface area (Å²) >= 11 is 1.69. The van der Waals surface area contributed by atoms with Gasteiger partial charge in [-0.05, 0) is 85.8 Å². The fourth-order valence-electron chi connectivity index (χ4n) is 5.26. The number of ketones is 2. The fourth-order valence-corrected chi connectivity index (χ4v) is 6.26. The van der Waals surface area contributed by atoms with Gasteiger partial charge in [0.15, 0.2) is 11.6 Å². The van der Waals surface area contributed by atoms with Gasteiger partial charge in [0, 0.05) is 45.8 Å². The number of hydrogen-bond acceptors (Lipinski definition) is 5. The fraction of sp³-hybridized carbons (Fsp3) is 0.242. The van der Waals surface area contributed by atoms with E-state index in [0.717, 1.165) is 34.5 Å². The smallest absolute Gasteiger partial charge is 0.167 e. The van der Waals surface area contributed by atoms with Crippen LogP contribution in [0.1, 0.15) is 68.8 Å². The molecule has 6 heteroatoms. The van der Waals surface area contributed by atoms with Crippen LogP contribution < -0.4 is 0 Å². The summed E-state index contributed by atoms with van der Waals surface area (Å²) in [6.45, 7) is 5.88. The monoisotopic (exact) mass is 537 g/mol. The molecule has 1 saturated carbocycles. The number of rotatable bonds is 8. The van der Waals surface area contributed by atoms with E-state index in [9.17, 15) is 14.0 Å². The summed E-state index contributed by atoms with van der Waals surface area (Å²) in [7, 11) is 0. The van der Waals surface area contributed by atoms with Crippen molar-refractivity contribution in [3.05, 3.63) is 99.3 Å².